The standard InChI is InChI=1S/C12H15NO2S.C3H6O2/c14-16(15,12-9-5-2-6-10-12)13-11-7-3-1-4-8-11;1-2-5-3-4/h1,3-4,7-9,13H,2,5-6,10H2;3H,2H2,1H3. The fourth-order valence-corrected chi connectivity index (χ4v) is 3.18. The van der Waals surface area contributed by atoms with Crippen LogP contribution in [0.3, 0.4) is 0 Å². The summed E-state index contributed by atoms with van der Waals surface area (Å²) in [5, 5.41) is 0. The summed E-state index contributed by atoms with van der Waals surface area (Å²) >= 11 is 0. The number of allylic oxidation sites excluding steroid dienone is 2. The molecule has 0 atom stereocenters. The van der Waals surface area contributed by atoms with Crippen LogP contribution in [0, 0.1) is 0 Å². The van der Waals surface area contributed by atoms with E-state index in [2.05, 4.69) is 9.46 Å². The molecule has 0 aromatic heterocycles. The molecule has 0 spiro atoms. The highest BCUT2D eigenvalue weighted by atomic mass is 32.2. The summed E-state index contributed by atoms with van der Waals surface area (Å²) in [6, 6.07) is 8.99. The average molecular weight is 311 g/mol. The molecule has 0 radical (unpaired) electrons. The topological polar surface area (TPSA) is 72.5 Å². The molecule has 6 heteroatoms. The number of para-hydroxylation sites is 1. The van der Waals surface area contributed by atoms with Crippen molar-refractivity contribution < 1.29 is 17.9 Å². The van der Waals surface area contributed by atoms with Gasteiger partial charge in [-0.3, -0.25) is 9.52 Å². The van der Waals surface area contributed by atoms with E-state index in [1.54, 1.807) is 19.1 Å². The number of carbonyl (C=O) groups excluding carboxylic acids is 1. The van der Waals surface area contributed by atoms with Crippen LogP contribution in [-0.2, 0) is 19.6 Å². The molecule has 0 unspecified atom stereocenters. The van der Waals surface area contributed by atoms with Crippen LogP contribution in [-0.4, -0.2) is 21.5 Å². The summed E-state index contributed by atoms with van der Waals surface area (Å²) in [6.07, 6.45) is 5.40. The fourth-order valence-electron chi connectivity index (χ4n) is 1.85. The number of hydrogen-bond donors (Lipinski definition) is 1. The zero-order valence-corrected chi connectivity index (χ0v) is 12.9. The Balaban J connectivity index is 0.000000383. The van der Waals surface area contributed by atoms with Gasteiger partial charge in [0.2, 0.25) is 0 Å². The lowest BCUT2D eigenvalue weighted by atomic mass is 10.1. The zero-order chi connectivity index (χ0) is 15.6. The van der Waals surface area contributed by atoms with Crippen LogP contribution in [0.25, 0.3) is 0 Å². The molecule has 2 rings (SSSR count). The molecule has 0 heterocycles. The van der Waals surface area contributed by atoms with Gasteiger partial charge in [0, 0.05) is 5.69 Å². The quantitative estimate of drug-likeness (QED) is 0.848. The van der Waals surface area contributed by atoms with E-state index < -0.39 is 10.0 Å². The number of carbonyl (C=O) groups is 1. The first kappa shape index (κ1) is 17.2. The molecule has 0 saturated carbocycles. The van der Waals surface area contributed by atoms with Crippen LogP contribution < -0.4 is 4.72 Å². The third-order valence-electron chi connectivity index (χ3n) is 2.86. The van der Waals surface area contributed by atoms with Gasteiger partial charge in [-0.1, -0.05) is 24.3 Å². The molecule has 0 amide bonds. The Labute approximate surface area is 126 Å². The van der Waals surface area contributed by atoms with Crippen molar-refractivity contribution in [2.75, 3.05) is 11.3 Å². The second-order valence-electron chi connectivity index (χ2n) is 4.44. The lowest BCUT2D eigenvalue weighted by Gasteiger charge is -2.14. The summed E-state index contributed by atoms with van der Waals surface area (Å²) in [5.41, 5.74) is 0.619. The number of ether oxygens (including phenoxy) is 1. The first-order valence-corrected chi connectivity index (χ1v) is 8.40. The second-order valence-corrected chi connectivity index (χ2v) is 6.17. The van der Waals surface area contributed by atoms with Crippen molar-refractivity contribution in [3.63, 3.8) is 0 Å². The van der Waals surface area contributed by atoms with Crippen molar-refractivity contribution in [1.29, 1.82) is 0 Å². The molecule has 0 fully saturated rings. The molecule has 1 aliphatic rings. The Morgan fingerprint density at radius 2 is 1.95 bits per heavy atom. The van der Waals surface area contributed by atoms with E-state index in [-0.39, 0.29) is 0 Å². The summed E-state index contributed by atoms with van der Waals surface area (Å²) in [6.45, 7) is 2.66. The summed E-state index contributed by atoms with van der Waals surface area (Å²) in [7, 11) is -3.33. The Hall–Kier alpha value is -1.82. The van der Waals surface area contributed by atoms with E-state index in [0.717, 1.165) is 19.3 Å². The highest BCUT2D eigenvalue weighted by Gasteiger charge is 2.18. The van der Waals surface area contributed by atoms with Crippen molar-refractivity contribution in [2.24, 2.45) is 0 Å². The van der Waals surface area contributed by atoms with E-state index >= 15 is 0 Å². The van der Waals surface area contributed by atoms with E-state index in [1.165, 1.54) is 0 Å². The Kier molecular flexibility index (Phi) is 7.53. The molecule has 0 aliphatic heterocycles. The van der Waals surface area contributed by atoms with Crippen LogP contribution in [0.2, 0.25) is 0 Å². The van der Waals surface area contributed by atoms with Crippen molar-refractivity contribution in [3.05, 3.63) is 41.3 Å². The number of benzene rings is 1. The van der Waals surface area contributed by atoms with Crippen LogP contribution in [0.4, 0.5) is 5.69 Å². The predicted octanol–water partition coefficient (Wildman–Crippen LogP) is 3.07. The van der Waals surface area contributed by atoms with E-state index in [0.29, 0.717) is 30.1 Å². The molecule has 116 valence electrons. The third kappa shape index (κ3) is 6.44. The van der Waals surface area contributed by atoms with Gasteiger partial charge >= 0.3 is 0 Å². The number of sulfonamides is 1. The van der Waals surface area contributed by atoms with Crippen LogP contribution >= 0.6 is 0 Å². The number of anilines is 1. The first-order valence-electron chi connectivity index (χ1n) is 6.92. The average Bonchev–Trinajstić information content (AvgIpc) is 2.50. The molecule has 1 aliphatic carbocycles. The SMILES string of the molecule is CCOC=O.O=S(=O)(Nc1ccccc1)C1=CCCCC1. The Bertz CT molecular complexity index is 552. The molecule has 1 N–H and O–H groups in total. The van der Waals surface area contributed by atoms with Gasteiger partial charge in [-0.15, -0.1) is 0 Å². The predicted molar refractivity (Wildman–Crippen MR) is 83.2 cm³/mol. The van der Waals surface area contributed by atoms with Gasteiger partial charge in [0.15, 0.2) is 0 Å². The number of nitrogens with one attached hydrogen (secondary N) is 1. The fraction of sp³-hybridized carbons (Fsp3) is 0.400. The van der Waals surface area contributed by atoms with Gasteiger partial charge < -0.3 is 4.74 Å². The molecule has 21 heavy (non-hydrogen) atoms. The molecule has 0 bridgehead atoms. The maximum absolute atomic E-state index is 12.0. The summed E-state index contributed by atoms with van der Waals surface area (Å²) < 4.78 is 30.7. The van der Waals surface area contributed by atoms with Crippen molar-refractivity contribution in [3.8, 4) is 0 Å². The van der Waals surface area contributed by atoms with Gasteiger partial charge in [0.25, 0.3) is 16.5 Å². The van der Waals surface area contributed by atoms with Gasteiger partial charge in [0.1, 0.15) is 0 Å². The molecular formula is C15H21NO4S. The van der Waals surface area contributed by atoms with E-state index in [9.17, 15) is 13.2 Å². The van der Waals surface area contributed by atoms with Gasteiger partial charge in [0.05, 0.1) is 11.5 Å². The lowest BCUT2D eigenvalue weighted by Crippen LogP contribution is -2.16. The van der Waals surface area contributed by atoms with Gasteiger partial charge in [-0.25, -0.2) is 8.42 Å². The molecule has 1 aromatic carbocycles. The van der Waals surface area contributed by atoms with Gasteiger partial charge in [-0.2, -0.15) is 0 Å². The summed E-state index contributed by atoms with van der Waals surface area (Å²) in [5.74, 6) is 0. The highest BCUT2D eigenvalue weighted by molar-refractivity contribution is 7.96. The summed E-state index contributed by atoms with van der Waals surface area (Å²) in [4.78, 5) is 9.71. The maximum atomic E-state index is 12.0. The van der Waals surface area contributed by atoms with Crippen LogP contribution in [0.1, 0.15) is 32.6 Å². The molecule has 0 saturated heterocycles. The number of rotatable bonds is 5. The third-order valence-corrected chi connectivity index (χ3v) is 4.42. The molecule has 5 nitrogen and oxygen atoms in total. The smallest absolute Gasteiger partial charge is 0.293 e. The monoisotopic (exact) mass is 311 g/mol. The Morgan fingerprint density at radius 3 is 2.43 bits per heavy atom. The van der Waals surface area contributed by atoms with Crippen LogP contribution in [0.5, 0.6) is 0 Å². The van der Waals surface area contributed by atoms with Crippen molar-refractivity contribution in [2.45, 2.75) is 32.6 Å². The molecule has 1 aromatic rings. The van der Waals surface area contributed by atoms with Crippen LogP contribution in [0.15, 0.2) is 41.3 Å². The second kappa shape index (κ2) is 9.18. The Morgan fingerprint density at radius 1 is 1.24 bits per heavy atom. The first-order chi connectivity index (χ1) is 10.1. The minimum atomic E-state index is -3.33. The maximum Gasteiger partial charge on any atom is 0.293 e. The zero-order valence-electron chi connectivity index (χ0n) is 12.1. The van der Waals surface area contributed by atoms with E-state index in [1.807, 2.05) is 24.3 Å². The normalized spacial score (nSPS) is 14.2. The number of hydrogen-bond acceptors (Lipinski definition) is 4. The van der Waals surface area contributed by atoms with Crippen molar-refractivity contribution >= 4 is 22.2 Å². The van der Waals surface area contributed by atoms with Gasteiger partial charge in [-0.05, 0) is 44.7 Å². The van der Waals surface area contributed by atoms with E-state index in [4.69, 9.17) is 0 Å². The lowest BCUT2D eigenvalue weighted by molar-refractivity contribution is -0.128. The van der Waals surface area contributed by atoms with Crippen molar-refractivity contribution in [1.82, 2.24) is 0 Å². The minimum absolute atomic E-state index is 0.431. The largest absolute Gasteiger partial charge is 0.468 e. The molecular weight excluding hydrogens is 290 g/mol. The highest BCUT2D eigenvalue weighted by Crippen LogP contribution is 2.23. The minimum Gasteiger partial charge on any atom is -0.468 e.